The molecule has 4 nitrogen and oxygen atoms in total. The van der Waals surface area contributed by atoms with Crippen LogP contribution in [-0.2, 0) is 4.79 Å². The number of hydrogen-bond donors (Lipinski definition) is 3. The molecule has 0 spiro atoms. The number of carbonyl (C=O) groups is 1. The number of fused-ring (bicyclic) bond motifs is 1. The monoisotopic (exact) mass is 169 g/mol. The first kappa shape index (κ1) is 8.01. The lowest BCUT2D eigenvalue weighted by Crippen LogP contribution is -2.48. The molecule has 0 aliphatic carbocycles. The Balaban J connectivity index is 1.96. The van der Waals surface area contributed by atoms with Crippen LogP contribution in [0.3, 0.4) is 0 Å². The van der Waals surface area contributed by atoms with E-state index in [1.165, 1.54) is 0 Å². The Kier molecular flexibility index (Phi) is 2.02. The molecule has 2 rings (SSSR count). The number of hydrogen-bond acceptors (Lipinski definition) is 3. The van der Waals surface area contributed by atoms with Gasteiger partial charge in [0.25, 0.3) is 0 Å². The number of carbonyl (C=O) groups excluding carboxylic acids is 1. The van der Waals surface area contributed by atoms with Gasteiger partial charge < -0.3 is 16.4 Å². The van der Waals surface area contributed by atoms with Crippen molar-refractivity contribution in [3.63, 3.8) is 0 Å². The van der Waals surface area contributed by atoms with Crippen LogP contribution in [-0.4, -0.2) is 31.6 Å². The van der Waals surface area contributed by atoms with Crippen LogP contribution in [0.1, 0.15) is 6.42 Å². The molecule has 2 aliphatic rings. The molecule has 3 unspecified atom stereocenters. The van der Waals surface area contributed by atoms with Gasteiger partial charge in [0.15, 0.2) is 0 Å². The average molecular weight is 169 g/mol. The number of amides is 1. The lowest BCUT2D eigenvalue weighted by molar-refractivity contribution is -0.122. The quantitative estimate of drug-likeness (QED) is 0.455. The van der Waals surface area contributed by atoms with E-state index in [9.17, 15) is 4.79 Å². The van der Waals surface area contributed by atoms with Crippen LogP contribution in [0, 0.1) is 11.8 Å². The minimum Gasteiger partial charge on any atom is -0.369 e. The Morgan fingerprint density at radius 3 is 2.92 bits per heavy atom. The predicted molar refractivity (Wildman–Crippen MR) is 45.5 cm³/mol. The van der Waals surface area contributed by atoms with Gasteiger partial charge in [0.1, 0.15) is 0 Å². The summed E-state index contributed by atoms with van der Waals surface area (Å²) in [5, 5.41) is 6.66. The number of nitrogens with two attached hydrogens (primary N) is 1. The van der Waals surface area contributed by atoms with E-state index in [2.05, 4.69) is 10.6 Å². The van der Waals surface area contributed by atoms with Crippen LogP contribution in [0.5, 0.6) is 0 Å². The second-order valence-electron chi connectivity index (χ2n) is 3.77. The summed E-state index contributed by atoms with van der Waals surface area (Å²) in [4.78, 5) is 10.9. The van der Waals surface area contributed by atoms with Crippen molar-refractivity contribution in [3.05, 3.63) is 0 Å². The van der Waals surface area contributed by atoms with Gasteiger partial charge in [-0.2, -0.15) is 0 Å². The molecule has 2 fully saturated rings. The zero-order chi connectivity index (χ0) is 8.55. The SMILES string of the molecule is NC(=O)C1CNC2CNCC2C1. The number of piperidine rings is 1. The molecule has 2 aliphatic heterocycles. The van der Waals surface area contributed by atoms with Crippen LogP contribution >= 0.6 is 0 Å². The van der Waals surface area contributed by atoms with Crippen molar-refractivity contribution in [2.24, 2.45) is 17.6 Å². The van der Waals surface area contributed by atoms with Crippen molar-refractivity contribution in [2.45, 2.75) is 12.5 Å². The lowest BCUT2D eigenvalue weighted by Gasteiger charge is -2.30. The Bertz CT molecular complexity index is 195. The fraction of sp³-hybridized carbons (Fsp3) is 0.875. The van der Waals surface area contributed by atoms with Crippen LogP contribution in [0.4, 0.5) is 0 Å². The van der Waals surface area contributed by atoms with Gasteiger partial charge in [-0.15, -0.1) is 0 Å². The molecule has 0 aromatic heterocycles. The maximum atomic E-state index is 10.9. The summed E-state index contributed by atoms with van der Waals surface area (Å²) in [6.07, 6.45) is 0.958. The van der Waals surface area contributed by atoms with E-state index in [-0.39, 0.29) is 11.8 Å². The fourth-order valence-corrected chi connectivity index (χ4v) is 2.18. The van der Waals surface area contributed by atoms with Crippen molar-refractivity contribution >= 4 is 5.91 Å². The third-order valence-corrected chi connectivity index (χ3v) is 2.96. The van der Waals surface area contributed by atoms with E-state index in [4.69, 9.17) is 5.73 Å². The van der Waals surface area contributed by atoms with Crippen LogP contribution < -0.4 is 16.4 Å². The number of primary amides is 1. The third-order valence-electron chi connectivity index (χ3n) is 2.96. The summed E-state index contributed by atoms with van der Waals surface area (Å²) in [7, 11) is 0. The molecule has 0 bridgehead atoms. The molecule has 68 valence electrons. The van der Waals surface area contributed by atoms with Crippen molar-refractivity contribution in [1.82, 2.24) is 10.6 Å². The number of nitrogens with one attached hydrogen (secondary N) is 2. The molecular weight excluding hydrogens is 154 g/mol. The average Bonchev–Trinajstić information content (AvgIpc) is 2.49. The fourth-order valence-electron chi connectivity index (χ4n) is 2.18. The van der Waals surface area contributed by atoms with E-state index in [1.807, 2.05) is 0 Å². The highest BCUT2D eigenvalue weighted by Gasteiger charge is 2.35. The molecule has 3 atom stereocenters. The van der Waals surface area contributed by atoms with Gasteiger partial charge in [-0.05, 0) is 18.9 Å². The first-order chi connectivity index (χ1) is 5.77. The highest BCUT2D eigenvalue weighted by Crippen LogP contribution is 2.23. The first-order valence-electron chi connectivity index (χ1n) is 4.51. The molecule has 1 amide bonds. The normalized spacial score (nSPS) is 40.8. The Hall–Kier alpha value is -0.610. The number of rotatable bonds is 1. The molecule has 2 saturated heterocycles. The summed E-state index contributed by atoms with van der Waals surface area (Å²) >= 11 is 0. The Morgan fingerprint density at radius 1 is 1.33 bits per heavy atom. The van der Waals surface area contributed by atoms with Gasteiger partial charge in [-0.1, -0.05) is 0 Å². The summed E-state index contributed by atoms with van der Waals surface area (Å²) in [6, 6.07) is 0.570. The standard InChI is InChI=1S/C8H15N3O/c9-8(12)6-1-5-2-10-4-7(5)11-3-6/h5-7,10-11H,1-4H2,(H2,9,12). The van der Waals surface area contributed by atoms with Crippen molar-refractivity contribution in [2.75, 3.05) is 19.6 Å². The molecule has 4 N–H and O–H groups in total. The van der Waals surface area contributed by atoms with Gasteiger partial charge in [-0.25, -0.2) is 0 Å². The van der Waals surface area contributed by atoms with E-state index < -0.39 is 0 Å². The van der Waals surface area contributed by atoms with E-state index in [1.54, 1.807) is 0 Å². The summed E-state index contributed by atoms with van der Waals surface area (Å²) in [5.74, 6) is 0.496. The van der Waals surface area contributed by atoms with E-state index >= 15 is 0 Å². The maximum absolute atomic E-state index is 10.9. The maximum Gasteiger partial charge on any atom is 0.221 e. The second kappa shape index (κ2) is 3.03. The van der Waals surface area contributed by atoms with Crippen LogP contribution in [0.25, 0.3) is 0 Å². The molecule has 0 radical (unpaired) electrons. The molecule has 0 saturated carbocycles. The third kappa shape index (κ3) is 1.32. The van der Waals surface area contributed by atoms with Crippen LogP contribution in [0.2, 0.25) is 0 Å². The van der Waals surface area contributed by atoms with Crippen molar-refractivity contribution in [3.8, 4) is 0 Å². The molecule has 0 aromatic carbocycles. The van der Waals surface area contributed by atoms with Gasteiger partial charge in [0, 0.05) is 19.1 Å². The van der Waals surface area contributed by atoms with Gasteiger partial charge in [-0.3, -0.25) is 4.79 Å². The predicted octanol–water partition coefficient (Wildman–Crippen LogP) is -1.33. The van der Waals surface area contributed by atoms with Gasteiger partial charge in [0.05, 0.1) is 5.92 Å². The van der Waals surface area contributed by atoms with E-state index in [0.29, 0.717) is 12.0 Å². The summed E-state index contributed by atoms with van der Waals surface area (Å²) < 4.78 is 0. The minimum atomic E-state index is -0.159. The Labute approximate surface area is 71.9 Å². The van der Waals surface area contributed by atoms with Crippen LogP contribution in [0.15, 0.2) is 0 Å². The van der Waals surface area contributed by atoms with Gasteiger partial charge in [0.2, 0.25) is 5.91 Å². The topological polar surface area (TPSA) is 67.2 Å². The Morgan fingerprint density at radius 2 is 2.17 bits per heavy atom. The zero-order valence-electron chi connectivity index (χ0n) is 7.05. The molecule has 0 aromatic rings. The zero-order valence-corrected chi connectivity index (χ0v) is 7.05. The summed E-state index contributed by atoms with van der Waals surface area (Å²) in [6.45, 7) is 2.83. The molecule has 4 heteroatoms. The molecule has 2 heterocycles. The highest BCUT2D eigenvalue weighted by molar-refractivity contribution is 5.77. The molecular formula is C8H15N3O. The second-order valence-corrected chi connectivity index (χ2v) is 3.77. The first-order valence-corrected chi connectivity index (χ1v) is 4.51. The molecule has 12 heavy (non-hydrogen) atoms. The van der Waals surface area contributed by atoms with Crippen molar-refractivity contribution in [1.29, 1.82) is 0 Å². The smallest absolute Gasteiger partial charge is 0.221 e. The van der Waals surface area contributed by atoms with Gasteiger partial charge >= 0.3 is 0 Å². The van der Waals surface area contributed by atoms with Crippen molar-refractivity contribution < 1.29 is 4.79 Å². The summed E-state index contributed by atoms with van der Waals surface area (Å²) in [5.41, 5.74) is 5.25. The minimum absolute atomic E-state index is 0.0474. The lowest BCUT2D eigenvalue weighted by atomic mass is 9.86. The largest absolute Gasteiger partial charge is 0.369 e. The highest BCUT2D eigenvalue weighted by atomic mass is 16.1. The van der Waals surface area contributed by atoms with E-state index in [0.717, 1.165) is 26.1 Å².